The van der Waals surface area contributed by atoms with Gasteiger partial charge in [0.1, 0.15) is 0 Å². The van der Waals surface area contributed by atoms with E-state index in [0.717, 1.165) is 23.3 Å². The van der Waals surface area contributed by atoms with Crippen molar-refractivity contribution >= 4 is 11.8 Å². The topological polar surface area (TPSA) is 34.0 Å². The molecule has 120 valence electrons. The van der Waals surface area contributed by atoms with Crippen LogP contribution < -0.4 is 0 Å². The van der Waals surface area contributed by atoms with E-state index in [4.69, 9.17) is 10.1 Å². The molecule has 4 nitrogen and oxygen atoms in total. The molecule has 5 rings (SSSR count). The lowest BCUT2D eigenvalue weighted by Crippen LogP contribution is -2.22. The summed E-state index contributed by atoms with van der Waals surface area (Å²) in [6.45, 7) is 0. The van der Waals surface area contributed by atoms with Crippen LogP contribution in [-0.2, 0) is 12.8 Å². The van der Waals surface area contributed by atoms with Gasteiger partial charge in [0, 0.05) is 17.5 Å². The molecule has 5 heteroatoms. The Morgan fingerprint density at radius 3 is 2.83 bits per heavy atom. The van der Waals surface area contributed by atoms with Crippen LogP contribution in [0.4, 0.5) is 0 Å². The number of hydrogen-bond donors (Lipinski definition) is 0. The summed E-state index contributed by atoms with van der Waals surface area (Å²) in [7, 11) is 2.20. The van der Waals surface area contributed by atoms with E-state index >= 15 is 0 Å². The number of rotatable bonds is 3. The summed E-state index contributed by atoms with van der Waals surface area (Å²) in [4.78, 5) is 7.37. The Labute approximate surface area is 141 Å². The second kappa shape index (κ2) is 5.35. The molecule has 1 aromatic heterocycles. The van der Waals surface area contributed by atoms with Crippen molar-refractivity contribution in [2.75, 3.05) is 18.7 Å². The van der Waals surface area contributed by atoms with Crippen molar-refractivity contribution in [1.29, 1.82) is 0 Å². The van der Waals surface area contributed by atoms with Crippen LogP contribution in [0.2, 0.25) is 0 Å². The van der Waals surface area contributed by atoms with Crippen LogP contribution in [0.15, 0.2) is 18.2 Å². The fourth-order valence-corrected chi connectivity index (χ4v) is 4.95. The van der Waals surface area contributed by atoms with E-state index in [1.807, 2.05) is 11.8 Å². The minimum atomic E-state index is 0.383. The van der Waals surface area contributed by atoms with Gasteiger partial charge in [0.05, 0.1) is 11.7 Å². The molecule has 1 atom stereocenters. The Morgan fingerprint density at radius 2 is 2.04 bits per heavy atom. The van der Waals surface area contributed by atoms with Crippen molar-refractivity contribution in [1.82, 2.24) is 19.7 Å². The molecule has 0 spiro atoms. The Kier molecular flexibility index (Phi) is 3.27. The molecule has 1 saturated heterocycles. The van der Waals surface area contributed by atoms with Crippen LogP contribution in [0.1, 0.15) is 54.0 Å². The predicted molar refractivity (Wildman–Crippen MR) is 93.2 cm³/mol. The van der Waals surface area contributed by atoms with Crippen molar-refractivity contribution in [2.24, 2.45) is 0 Å². The highest BCUT2D eigenvalue weighted by Gasteiger charge is 2.34. The van der Waals surface area contributed by atoms with Crippen molar-refractivity contribution in [3.63, 3.8) is 0 Å². The lowest BCUT2D eigenvalue weighted by Gasteiger charge is -2.18. The molecule has 23 heavy (non-hydrogen) atoms. The number of benzene rings is 1. The lowest BCUT2D eigenvalue weighted by molar-refractivity contribution is 0.314. The molecule has 2 aromatic rings. The van der Waals surface area contributed by atoms with Crippen LogP contribution in [0, 0.1) is 0 Å². The number of nitrogens with zero attached hydrogens (tertiary/aromatic N) is 4. The first-order valence-corrected chi connectivity index (χ1v) is 9.82. The number of aryl methyl sites for hydroxylation is 2. The standard InChI is InChI=1S/C18H22N4S/c1-21-11-23-10-16(21)18-19-17(13-5-6-13)20-22(18)15-8-7-12-3-2-4-14(12)9-15/h7-9,13,16H,2-6,10-11H2,1H3/t16-/m0/s1. The molecular formula is C18H22N4S. The summed E-state index contributed by atoms with van der Waals surface area (Å²) < 4.78 is 2.14. The molecule has 0 radical (unpaired) electrons. The second-order valence-corrected chi connectivity index (χ2v) is 8.09. The Balaban J connectivity index is 1.60. The van der Waals surface area contributed by atoms with Gasteiger partial charge in [-0.3, -0.25) is 4.90 Å². The van der Waals surface area contributed by atoms with Gasteiger partial charge in [-0.25, -0.2) is 9.67 Å². The zero-order valence-corrected chi connectivity index (χ0v) is 14.4. The SMILES string of the molecule is CN1CSC[C@H]1c1nc(C2CC2)nn1-c1ccc2c(c1)CCC2. The molecule has 2 heterocycles. The number of aromatic nitrogens is 3. The third-order valence-corrected chi connectivity index (χ3v) is 6.46. The molecular weight excluding hydrogens is 304 g/mol. The van der Waals surface area contributed by atoms with Crippen LogP contribution in [0.3, 0.4) is 0 Å². The quantitative estimate of drug-likeness (QED) is 0.866. The normalized spacial score (nSPS) is 24.3. The fraction of sp³-hybridized carbons (Fsp3) is 0.556. The molecule has 0 amide bonds. The second-order valence-electron chi connectivity index (χ2n) is 7.09. The first-order valence-electron chi connectivity index (χ1n) is 8.66. The summed E-state index contributed by atoms with van der Waals surface area (Å²) in [6.07, 6.45) is 6.24. The van der Waals surface area contributed by atoms with Crippen molar-refractivity contribution in [3.8, 4) is 5.69 Å². The van der Waals surface area contributed by atoms with Crippen molar-refractivity contribution in [2.45, 2.75) is 44.1 Å². The summed E-state index contributed by atoms with van der Waals surface area (Å²) >= 11 is 1.99. The van der Waals surface area contributed by atoms with Crippen LogP contribution in [0.5, 0.6) is 0 Å². The number of fused-ring (bicyclic) bond motifs is 1. The molecule has 0 N–H and O–H groups in total. The fourth-order valence-electron chi connectivity index (χ4n) is 3.75. The largest absolute Gasteiger partial charge is 0.286 e. The maximum atomic E-state index is 4.97. The summed E-state index contributed by atoms with van der Waals surface area (Å²) in [5.41, 5.74) is 4.22. The molecule has 0 bridgehead atoms. The van der Waals surface area contributed by atoms with Gasteiger partial charge in [0.25, 0.3) is 0 Å². The molecule has 2 fully saturated rings. The third kappa shape index (κ3) is 2.41. The van der Waals surface area contributed by atoms with Crippen molar-refractivity contribution < 1.29 is 0 Å². The molecule has 1 aromatic carbocycles. The first kappa shape index (κ1) is 14.1. The minimum absolute atomic E-state index is 0.383. The average molecular weight is 326 g/mol. The van der Waals surface area contributed by atoms with Gasteiger partial charge in [0.2, 0.25) is 0 Å². The van der Waals surface area contributed by atoms with Crippen LogP contribution in [0.25, 0.3) is 5.69 Å². The average Bonchev–Trinajstić information content (AvgIpc) is 2.98. The maximum Gasteiger partial charge on any atom is 0.154 e. The van der Waals surface area contributed by atoms with Gasteiger partial charge in [0.15, 0.2) is 11.6 Å². The maximum absolute atomic E-state index is 4.97. The van der Waals surface area contributed by atoms with E-state index in [0.29, 0.717) is 12.0 Å². The van der Waals surface area contributed by atoms with Gasteiger partial charge in [-0.15, -0.1) is 11.8 Å². The van der Waals surface area contributed by atoms with Crippen molar-refractivity contribution in [3.05, 3.63) is 41.0 Å². The van der Waals surface area contributed by atoms with Gasteiger partial charge in [-0.05, 0) is 62.4 Å². The number of hydrogen-bond acceptors (Lipinski definition) is 4. The van der Waals surface area contributed by atoms with E-state index in [1.165, 1.54) is 48.9 Å². The predicted octanol–water partition coefficient (Wildman–Crippen LogP) is 3.31. The van der Waals surface area contributed by atoms with Crippen LogP contribution >= 0.6 is 11.8 Å². The lowest BCUT2D eigenvalue weighted by atomic mass is 10.1. The molecule has 1 saturated carbocycles. The van der Waals surface area contributed by atoms with E-state index in [9.17, 15) is 0 Å². The molecule has 3 aliphatic rings. The van der Waals surface area contributed by atoms with Crippen LogP contribution in [-0.4, -0.2) is 38.3 Å². The number of thioether (sulfide) groups is 1. The Bertz CT molecular complexity index is 749. The monoisotopic (exact) mass is 326 g/mol. The van der Waals surface area contributed by atoms with E-state index in [1.54, 1.807) is 0 Å². The summed E-state index contributed by atoms with van der Waals surface area (Å²) in [6, 6.07) is 7.27. The van der Waals surface area contributed by atoms with E-state index in [-0.39, 0.29) is 0 Å². The highest BCUT2D eigenvalue weighted by molar-refractivity contribution is 7.99. The highest BCUT2D eigenvalue weighted by atomic mass is 32.2. The minimum Gasteiger partial charge on any atom is -0.286 e. The molecule has 0 unspecified atom stereocenters. The Morgan fingerprint density at radius 1 is 1.17 bits per heavy atom. The molecule has 2 aliphatic carbocycles. The zero-order valence-electron chi connectivity index (χ0n) is 13.5. The van der Waals surface area contributed by atoms with Gasteiger partial charge in [-0.1, -0.05) is 6.07 Å². The van der Waals surface area contributed by atoms with Gasteiger partial charge < -0.3 is 0 Å². The third-order valence-electron chi connectivity index (χ3n) is 5.32. The smallest absolute Gasteiger partial charge is 0.154 e. The summed E-state index contributed by atoms with van der Waals surface area (Å²) in [5, 5.41) is 4.92. The van der Waals surface area contributed by atoms with E-state index < -0.39 is 0 Å². The van der Waals surface area contributed by atoms with Gasteiger partial charge >= 0.3 is 0 Å². The van der Waals surface area contributed by atoms with E-state index in [2.05, 4.69) is 34.8 Å². The zero-order chi connectivity index (χ0) is 15.4. The first-order chi connectivity index (χ1) is 11.3. The summed E-state index contributed by atoms with van der Waals surface area (Å²) in [5.74, 6) is 5.00. The Hall–Kier alpha value is -1.33. The molecule has 1 aliphatic heterocycles. The van der Waals surface area contributed by atoms with Gasteiger partial charge in [-0.2, -0.15) is 5.10 Å². The highest BCUT2D eigenvalue weighted by Crippen LogP contribution is 2.40.